The van der Waals surface area contributed by atoms with Crippen LogP contribution in [0.1, 0.15) is 67.7 Å². The van der Waals surface area contributed by atoms with E-state index in [0.717, 1.165) is 51.6 Å². The molecule has 3 aliphatic rings. The van der Waals surface area contributed by atoms with Gasteiger partial charge in [-0.2, -0.15) is 0 Å². The monoisotopic (exact) mass is 356 g/mol. The summed E-state index contributed by atoms with van der Waals surface area (Å²) in [6.07, 6.45) is 9.61. The lowest BCUT2D eigenvalue weighted by Crippen LogP contribution is -2.46. The van der Waals surface area contributed by atoms with Gasteiger partial charge in [-0.25, -0.2) is 0 Å². The van der Waals surface area contributed by atoms with Gasteiger partial charge in [0, 0.05) is 19.2 Å². The van der Waals surface area contributed by atoms with Crippen molar-refractivity contribution >= 4 is 5.91 Å². The van der Waals surface area contributed by atoms with Crippen LogP contribution < -0.4 is 5.32 Å². The van der Waals surface area contributed by atoms with Crippen molar-refractivity contribution in [1.29, 1.82) is 0 Å². The lowest BCUT2D eigenvalue weighted by Gasteiger charge is -2.39. The van der Waals surface area contributed by atoms with E-state index in [1.165, 1.54) is 36.0 Å². The number of fused-ring (bicyclic) bond motifs is 1. The lowest BCUT2D eigenvalue weighted by molar-refractivity contribution is -0.139. The molecule has 2 N–H and O–H groups in total. The fourth-order valence-corrected chi connectivity index (χ4v) is 4.77. The Hall–Kier alpha value is -1.39. The molecule has 4 nitrogen and oxygen atoms in total. The molecule has 1 saturated carbocycles. The van der Waals surface area contributed by atoms with Crippen LogP contribution in [0.3, 0.4) is 0 Å². The standard InChI is InChI=1S/C22H32N2O2/c25-13-3-4-16-8-9-17-5-1-7-21(20(17)14-16)24(19-10-11-19)22(26)18-6-2-12-23-15-18/h8-9,14,18-19,21,23,25H,1-7,10-13,15H2/t18-,21?/m1/s1. The van der Waals surface area contributed by atoms with Gasteiger partial charge in [0.15, 0.2) is 0 Å². The van der Waals surface area contributed by atoms with Crippen LogP contribution in [0.15, 0.2) is 18.2 Å². The second-order valence-corrected chi connectivity index (χ2v) is 8.29. The normalized spacial score (nSPS) is 25.6. The zero-order valence-electron chi connectivity index (χ0n) is 15.8. The number of benzene rings is 1. The SMILES string of the molecule is O=C([C@@H]1CCCNC1)N(C1CC1)C1CCCc2ccc(CCCO)cc21. The third-order valence-electron chi connectivity index (χ3n) is 6.29. The molecule has 0 radical (unpaired) electrons. The Morgan fingerprint density at radius 2 is 2.08 bits per heavy atom. The minimum Gasteiger partial charge on any atom is -0.396 e. The van der Waals surface area contributed by atoms with E-state index in [9.17, 15) is 4.79 Å². The predicted octanol–water partition coefficient (Wildman–Crippen LogP) is 2.98. The summed E-state index contributed by atoms with van der Waals surface area (Å²) < 4.78 is 0. The summed E-state index contributed by atoms with van der Waals surface area (Å²) in [6.45, 7) is 2.13. The minimum absolute atomic E-state index is 0.160. The number of rotatable bonds is 6. The summed E-state index contributed by atoms with van der Waals surface area (Å²) >= 11 is 0. The summed E-state index contributed by atoms with van der Waals surface area (Å²) in [5.41, 5.74) is 4.11. The van der Waals surface area contributed by atoms with Crippen LogP contribution in [0, 0.1) is 5.92 Å². The van der Waals surface area contributed by atoms with Crippen molar-refractivity contribution in [3.8, 4) is 0 Å². The van der Waals surface area contributed by atoms with Crippen molar-refractivity contribution < 1.29 is 9.90 Å². The Balaban J connectivity index is 1.60. The fourth-order valence-electron chi connectivity index (χ4n) is 4.77. The summed E-state index contributed by atoms with van der Waals surface area (Å²) in [6, 6.07) is 7.53. The molecule has 1 heterocycles. The zero-order chi connectivity index (χ0) is 17.9. The highest BCUT2D eigenvalue weighted by Gasteiger charge is 2.41. The summed E-state index contributed by atoms with van der Waals surface area (Å²) in [4.78, 5) is 15.7. The molecule has 2 fully saturated rings. The number of piperidine rings is 1. The smallest absolute Gasteiger partial charge is 0.227 e. The number of aliphatic hydroxyl groups is 1. The Bertz CT molecular complexity index is 635. The maximum atomic E-state index is 13.4. The summed E-state index contributed by atoms with van der Waals surface area (Å²) in [5.74, 6) is 0.547. The van der Waals surface area contributed by atoms with Gasteiger partial charge in [-0.1, -0.05) is 18.2 Å². The number of amides is 1. The Morgan fingerprint density at radius 3 is 2.81 bits per heavy atom. The average Bonchev–Trinajstić information content (AvgIpc) is 3.52. The van der Waals surface area contributed by atoms with E-state index in [-0.39, 0.29) is 18.6 Å². The van der Waals surface area contributed by atoms with Crippen LogP contribution in [0.2, 0.25) is 0 Å². The lowest BCUT2D eigenvalue weighted by atomic mass is 9.84. The quantitative estimate of drug-likeness (QED) is 0.824. The molecule has 2 atom stereocenters. The van der Waals surface area contributed by atoms with Crippen molar-refractivity contribution in [1.82, 2.24) is 10.2 Å². The van der Waals surface area contributed by atoms with Crippen LogP contribution >= 0.6 is 0 Å². The Labute approximate surface area is 157 Å². The van der Waals surface area contributed by atoms with Gasteiger partial charge in [0.2, 0.25) is 5.91 Å². The molecule has 1 aromatic carbocycles. The van der Waals surface area contributed by atoms with E-state index < -0.39 is 0 Å². The van der Waals surface area contributed by atoms with Crippen molar-refractivity contribution in [3.63, 3.8) is 0 Å². The molecule has 1 unspecified atom stereocenters. The van der Waals surface area contributed by atoms with Crippen molar-refractivity contribution in [2.75, 3.05) is 19.7 Å². The fraction of sp³-hybridized carbons (Fsp3) is 0.682. The van der Waals surface area contributed by atoms with Gasteiger partial charge < -0.3 is 15.3 Å². The van der Waals surface area contributed by atoms with E-state index in [2.05, 4.69) is 28.4 Å². The number of nitrogens with zero attached hydrogens (tertiary/aromatic N) is 1. The molecule has 0 aromatic heterocycles. The Morgan fingerprint density at radius 1 is 1.19 bits per heavy atom. The van der Waals surface area contributed by atoms with Crippen LogP contribution in [0.5, 0.6) is 0 Å². The maximum absolute atomic E-state index is 13.4. The minimum atomic E-state index is 0.160. The molecule has 1 aromatic rings. The number of carbonyl (C=O) groups excluding carboxylic acids is 1. The highest BCUT2D eigenvalue weighted by Crippen LogP contribution is 2.42. The largest absolute Gasteiger partial charge is 0.396 e. The number of aliphatic hydroxyl groups excluding tert-OH is 1. The van der Waals surface area contributed by atoms with Gasteiger partial charge in [0.25, 0.3) is 0 Å². The van der Waals surface area contributed by atoms with Crippen molar-refractivity contribution in [3.05, 3.63) is 34.9 Å². The topological polar surface area (TPSA) is 52.6 Å². The van der Waals surface area contributed by atoms with E-state index in [0.29, 0.717) is 11.9 Å². The average molecular weight is 357 g/mol. The molecule has 4 heteroatoms. The van der Waals surface area contributed by atoms with Gasteiger partial charge in [-0.15, -0.1) is 0 Å². The van der Waals surface area contributed by atoms with E-state index >= 15 is 0 Å². The van der Waals surface area contributed by atoms with Gasteiger partial charge in [-0.3, -0.25) is 4.79 Å². The number of hydrogen-bond acceptors (Lipinski definition) is 3. The first-order valence-corrected chi connectivity index (χ1v) is 10.5. The van der Waals surface area contributed by atoms with Crippen LogP contribution in [0.25, 0.3) is 0 Å². The van der Waals surface area contributed by atoms with Gasteiger partial charge in [0.1, 0.15) is 0 Å². The van der Waals surface area contributed by atoms with Gasteiger partial charge >= 0.3 is 0 Å². The van der Waals surface area contributed by atoms with Crippen LogP contribution in [-0.4, -0.2) is 41.7 Å². The molecule has 1 amide bonds. The molecular weight excluding hydrogens is 324 g/mol. The first-order chi connectivity index (χ1) is 12.8. The number of carbonyl (C=O) groups is 1. The first-order valence-electron chi connectivity index (χ1n) is 10.5. The zero-order valence-corrected chi connectivity index (χ0v) is 15.8. The first kappa shape index (κ1) is 18.0. The van der Waals surface area contributed by atoms with Crippen LogP contribution in [0.4, 0.5) is 0 Å². The third-order valence-corrected chi connectivity index (χ3v) is 6.29. The van der Waals surface area contributed by atoms with Crippen LogP contribution in [-0.2, 0) is 17.6 Å². The molecular formula is C22H32N2O2. The molecule has 0 bridgehead atoms. The third kappa shape index (κ3) is 3.81. The van der Waals surface area contributed by atoms with E-state index in [4.69, 9.17) is 5.11 Å². The summed E-state index contributed by atoms with van der Waals surface area (Å²) in [7, 11) is 0. The van der Waals surface area contributed by atoms with E-state index in [1.807, 2.05) is 0 Å². The molecule has 142 valence electrons. The van der Waals surface area contributed by atoms with Gasteiger partial charge in [-0.05, 0) is 81.0 Å². The second-order valence-electron chi connectivity index (χ2n) is 8.29. The second kappa shape index (κ2) is 8.10. The molecule has 0 spiro atoms. The number of hydrogen-bond donors (Lipinski definition) is 2. The number of nitrogens with one attached hydrogen (secondary N) is 1. The van der Waals surface area contributed by atoms with E-state index in [1.54, 1.807) is 0 Å². The highest BCUT2D eigenvalue weighted by atomic mass is 16.2. The maximum Gasteiger partial charge on any atom is 0.227 e. The summed E-state index contributed by atoms with van der Waals surface area (Å²) in [5, 5.41) is 12.6. The predicted molar refractivity (Wildman–Crippen MR) is 103 cm³/mol. The highest BCUT2D eigenvalue weighted by molar-refractivity contribution is 5.80. The Kier molecular flexibility index (Phi) is 5.60. The van der Waals surface area contributed by atoms with Crippen molar-refractivity contribution in [2.45, 2.75) is 69.9 Å². The molecule has 2 aliphatic carbocycles. The molecule has 26 heavy (non-hydrogen) atoms. The molecule has 4 rings (SSSR count). The molecule has 1 aliphatic heterocycles. The molecule has 1 saturated heterocycles. The van der Waals surface area contributed by atoms with Crippen molar-refractivity contribution in [2.24, 2.45) is 5.92 Å². The number of aryl methyl sites for hydroxylation is 2. The van der Waals surface area contributed by atoms with Gasteiger partial charge in [0.05, 0.1) is 12.0 Å².